The molecular formula is C26H26N6O3. The summed E-state index contributed by atoms with van der Waals surface area (Å²) in [4.78, 5) is 22.3. The molecule has 0 spiro atoms. The van der Waals surface area contributed by atoms with E-state index in [4.69, 9.17) is 14.9 Å². The Bertz CT molecular complexity index is 1600. The molecule has 9 nitrogen and oxygen atoms in total. The lowest BCUT2D eigenvalue weighted by molar-refractivity contribution is -0.00709. The van der Waals surface area contributed by atoms with Gasteiger partial charge in [-0.25, -0.2) is 4.79 Å². The Kier molecular flexibility index (Phi) is 5.14. The zero-order valence-electron chi connectivity index (χ0n) is 19.6. The van der Waals surface area contributed by atoms with Crippen molar-refractivity contribution in [1.82, 2.24) is 24.3 Å². The van der Waals surface area contributed by atoms with Gasteiger partial charge in [0.2, 0.25) is 0 Å². The molecule has 5 heterocycles. The van der Waals surface area contributed by atoms with Crippen LogP contribution in [0.5, 0.6) is 0 Å². The second-order valence-electron chi connectivity index (χ2n) is 9.05. The molecule has 1 saturated heterocycles. The fourth-order valence-corrected chi connectivity index (χ4v) is 5.07. The van der Waals surface area contributed by atoms with Crippen LogP contribution in [0, 0.1) is 0 Å². The maximum Gasteiger partial charge on any atom is 0.349 e. The normalized spacial score (nSPS) is 18.5. The number of aromatic nitrogens is 5. The Morgan fingerprint density at radius 3 is 2.86 bits per heavy atom. The van der Waals surface area contributed by atoms with E-state index in [1.54, 1.807) is 27.8 Å². The van der Waals surface area contributed by atoms with Gasteiger partial charge in [-0.2, -0.15) is 10.1 Å². The van der Waals surface area contributed by atoms with Crippen LogP contribution in [-0.2, 0) is 11.8 Å². The third-order valence-electron chi connectivity index (χ3n) is 6.81. The van der Waals surface area contributed by atoms with Gasteiger partial charge in [0.05, 0.1) is 12.3 Å². The first-order chi connectivity index (χ1) is 17.0. The van der Waals surface area contributed by atoms with Gasteiger partial charge in [0.15, 0.2) is 5.58 Å². The van der Waals surface area contributed by atoms with Gasteiger partial charge in [0.1, 0.15) is 16.8 Å². The van der Waals surface area contributed by atoms with Crippen molar-refractivity contribution in [2.45, 2.75) is 38.3 Å². The molecule has 0 saturated carbocycles. The van der Waals surface area contributed by atoms with Gasteiger partial charge in [-0.15, -0.1) is 0 Å². The molecular weight excluding hydrogens is 444 g/mol. The van der Waals surface area contributed by atoms with E-state index in [0.717, 1.165) is 46.9 Å². The summed E-state index contributed by atoms with van der Waals surface area (Å²) in [5, 5.41) is 5.08. The number of anilines is 1. The number of benzene rings is 1. The van der Waals surface area contributed by atoms with Gasteiger partial charge in [0.25, 0.3) is 0 Å². The van der Waals surface area contributed by atoms with E-state index in [0.29, 0.717) is 29.2 Å². The number of pyridine rings is 1. The van der Waals surface area contributed by atoms with Crippen LogP contribution in [0.4, 0.5) is 5.69 Å². The van der Waals surface area contributed by atoms with Crippen molar-refractivity contribution in [1.29, 1.82) is 0 Å². The highest BCUT2D eigenvalue weighted by atomic mass is 16.5. The Morgan fingerprint density at radius 1 is 1.23 bits per heavy atom. The molecule has 1 aliphatic rings. The minimum absolute atomic E-state index is 0.0423. The summed E-state index contributed by atoms with van der Waals surface area (Å²) in [5.74, 6) is 0. The standard InChI is InChI=1S/C26H26N6O3/c1-3-18-9-17(6-8-34-18)32-24-20-10-19(15-5-4-7-28-12-15)21(27)11-22(20)35-25(24)23(30-26(32)33)16-13-29-31(2)14-16/h4-5,7,10-14,17-18H,3,6,8-9,27H2,1-2H3. The predicted octanol–water partition coefficient (Wildman–Crippen LogP) is 4.32. The van der Waals surface area contributed by atoms with E-state index < -0.39 is 0 Å². The molecule has 4 aromatic heterocycles. The van der Waals surface area contributed by atoms with E-state index in [1.165, 1.54) is 0 Å². The number of hydrogen-bond donors (Lipinski definition) is 1. The third-order valence-corrected chi connectivity index (χ3v) is 6.81. The Labute approximate surface area is 201 Å². The number of nitrogens with zero attached hydrogens (tertiary/aromatic N) is 5. The summed E-state index contributed by atoms with van der Waals surface area (Å²) < 4.78 is 15.7. The van der Waals surface area contributed by atoms with Crippen LogP contribution >= 0.6 is 0 Å². The molecule has 35 heavy (non-hydrogen) atoms. The highest BCUT2D eigenvalue weighted by Crippen LogP contribution is 2.40. The van der Waals surface area contributed by atoms with Crippen LogP contribution in [0.3, 0.4) is 0 Å². The number of nitrogens with two attached hydrogens (primary N) is 1. The van der Waals surface area contributed by atoms with Crippen LogP contribution < -0.4 is 11.4 Å². The molecule has 0 aliphatic carbocycles. The quantitative estimate of drug-likeness (QED) is 0.389. The van der Waals surface area contributed by atoms with Crippen LogP contribution in [0.25, 0.3) is 44.5 Å². The number of rotatable bonds is 4. The molecule has 178 valence electrons. The number of hydrogen-bond acceptors (Lipinski definition) is 7. The van der Waals surface area contributed by atoms with E-state index >= 15 is 0 Å². The summed E-state index contributed by atoms with van der Waals surface area (Å²) in [6, 6.07) is 7.61. The second-order valence-corrected chi connectivity index (χ2v) is 9.05. The molecule has 0 radical (unpaired) electrons. The maximum absolute atomic E-state index is 13.6. The first-order valence-corrected chi connectivity index (χ1v) is 11.8. The minimum atomic E-state index is -0.305. The Hall–Kier alpha value is -3.98. The van der Waals surface area contributed by atoms with Crippen LogP contribution in [0.1, 0.15) is 32.2 Å². The largest absolute Gasteiger partial charge is 0.452 e. The number of ether oxygens (including phenoxy) is 1. The average Bonchev–Trinajstić information content (AvgIpc) is 3.47. The summed E-state index contributed by atoms with van der Waals surface area (Å²) in [5.41, 5.74) is 11.5. The lowest BCUT2D eigenvalue weighted by Crippen LogP contribution is -2.34. The van der Waals surface area contributed by atoms with Gasteiger partial charge < -0.3 is 14.9 Å². The van der Waals surface area contributed by atoms with Gasteiger partial charge in [-0.1, -0.05) is 13.0 Å². The zero-order chi connectivity index (χ0) is 24.1. The summed E-state index contributed by atoms with van der Waals surface area (Å²) in [7, 11) is 1.83. The van der Waals surface area contributed by atoms with Gasteiger partial charge in [-0.05, 0) is 31.4 Å². The highest BCUT2D eigenvalue weighted by molar-refractivity contribution is 6.09. The number of nitrogen functional groups attached to an aromatic ring is 1. The monoisotopic (exact) mass is 470 g/mol. The summed E-state index contributed by atoms with van der Waals surface area (Å²) >= 11 is 0. The molecule has 2 unspecified atom stereocenters. The molecule has 6 rings (SSSR count). The van der Waals surface area contributed by atoms with Crippen molar-refractivity contribution in [3.8, 4) is 22.4 Å². The second kappa shape index (κ2) is 8.35. The number of fused-ring (bicyclic) bond motifs is 3. The fourth-order valence-electron chi connectivity index (χ4n) is 5.07. The van der Waals surface area contributed by atoms with Gasteiger partial charge in [0, 0.05) is 72.1 Å². The highest BCUT2D eigenvalue weighted by Gasteiger charge is 2.29. The van der Waals surface area contributed by atoms with E-state index in [2.05, 4.69) is 22.0 Å². The summed E-state index contributed by atoms with van der Waals surface area (Å²) in [6.45, 7) is 2.70. The molecule has 1 aromatic carbocycles. The lowest BCUT2D eigenvalue weighted by Gasteiger charge is -2.30. The van der Waals surface area contributed by atoms with Crippen LogP contribution in [0.15, 0.2) is 58.3 Å². The molecule has 5 aromatic rings. The van der Waals surface area contributed by atoms with E-state index in [9.17, 15) is 4.79 Å². The number of aryl methyl sites for hydroxylation is 1. The molecule has 9 heteroatoms. The Balaban J connectivity index is 1.68. The SMILES string of the molecule is CCC1CC(n2c(=O)nc(-c3cnn(C)c3)c3oc4cc(N)c(-c5cccnc5)cc4c32)CCO1. The molecule has 2 atom stereocenters. The van der Waals surface area contributed by atoms with Crippen molar-refractivity contribution in [3.63, 3.8) is 0 Å². The van der Waals surface area contributed by atoms with Crippen LogP contribution in [0.2, 0.25) is 0 Å². The Morgan fingerprint density at radius 2 is 2.11 bits per heavy atom. The molecule has 2 N–H and O–H groups in total. The van der Waals surface area contributed by atoms with E-state index in [1.807, 2.05) is 37.5 Å². The first-order valence-electron chi connectivity index (χ1n) is 11.8. The van der Waals surface area contributed by atoms with Crippen molar-refractivity contribution in [3.05, 3.63) is 59.5 Å². The molecule has 1 aliphatic heterocycles. The van der Waals surface area contributed by atoms with Crippen molar-refractivity contribution in [2.75, 3.05) is 12.3 Å². The zero-order valence-corrected chi connectivity index (χ0v) is 19.6. The third kappa shape index (κ3) is 3.59. The van der Waals surface area contributed by atoms with Crippen LogP contribution in [-0.4, -0.2) is 37.0 Å². The topological polar surface area (TPSA) is 114 Å². The maximum atomic E-state index is 13.6. The number of furan rings is 1. The molecule has 0 amide bonds. The summed E-state index contributed by atoms with van der Waals surface area (Å²) in [6.07, 6.45) is 9.50. The van der Waals surface area contributed by atoms with Crippen molar-refractivity contribution in [2.24, 2.45) is 7.05 Å². The predicted molar refractivity (Wildman–Crippen MR) is 134 cm³/mol. The molecule has 0 bridgehead atoms. The molecule has 1 fully saturated rings. The van der Waals surface area contributed by atoms with Crippen molar-refractivity contribution < 1.29 is 9.15 Å². The van der Waals surface area contributed by atoms with Crippen molar-refractivity contribution >= 4 is 27.8 Å². The smallest absolute Gasteiger partial charge is 0.349 e. The van der Waals surface area contributed by atoms with Gasteiger partial charge >= 0.3 is 5.69 Å². The van der Waals surface area contributed by atoms with Gasteiger partial charge in [-0.3, -0.25) is 14.2 Å². The fraction of sp³-hybridized carbons (Fsp3) is 0.308. The minimum Gasteiger partial charge on any atom is -0.452 e. The average molecular weight is 471 g/mol. The van der Waals surface area contributed by atoms with E-state index in [-0.39, 0.29) is 17.8 Å². The lowest BCUT2D eigenvalue weighted by atomic mass is 10.00. The first kappa shape index (κ1) is 21.5.